The molecule has 0 saturated heterocycles. The molecule has 6 heteroatoms. The minimum Gasteiger partial charge on any atom is -0.357 e. The summed E-state index contributed by atoms with van der Waals surface area (Å²) in [6.45, 7) is 11.9. The van der Waals surface area contributed by atoms with Crippen molar-refractivity contribution in [2.45, 2.75) is 59.4 Å². The van der Waals surface area contributed by atoms with Crippen LogP contribution >= 0.6 is 0 Å². The van der Waals surface area contributed by atoms with Crippen LogP contribution in [0, 0.1) is 0 Å². The van der Waals surface area contributed by atoms with Gasteiger partial charge in [0.05, 0.1) is 0 Å². The molecule has 0 unspecified atom stereocenters. The van der Waals surface area contributed by atoms with E-state index in [0.29, 0.717) is 5.92 Å². The molecule has 0 aliphatic heterocycles. The Morgan fingerprint density at radius 2 is 1.93 bits per heavy atom. The summed E-state index contributed by atoms with van der Waals surface area (Å²) >= 11 is 0. The smallest absolute Gasteiger partial charge is 0.191 e. The van der Waals surface area contributed by atoms with E-state index in [9.17, 15) is 0 Å². The third-order valence-electron chi connectivity index (χ3n) is 4.54. The maximum Gasteiger partial charge on any atom is 0.191 e. The molecule has 0 spiro atoms. The van der Waals surface area contributed by atoms with E-state index in [4.69, 9.17) is 0 Å². The van der Waals surface area contributed by atoms with Crippen molar-refractivity contribution in [3.8, 4) is 0 Å². The molecule has 27 heavy (non-hydrogen) atoms. The van der Waals surface area contributed by atoms with Crippen molar-refractivity contribution in [2.24, 2.45) is 4.99 Å². The van der Waals surface area contributed by atoms with Crippen molar-refractivity contribution < 1.29 is 0 Å². The lowest BCUT2D eigenvalue weighted by molar-refractivity contribution is 0.632. The van der Waals surface area contributed by atoms with Crippen molar-refractivity contribution in [3.63, 3.8) is 0 Å². The second-order valence-corrected chi connectivity index (χ2v) is 6.98. The molecular weight excluding hydrogens is 336 g/mol. The predicted octanol–water partition coefficient (Wildman–Crippen LogP) is 3.15. The molecular formula is C21H34N6. The van der Waals surface area contributed by atoms with Gasteiger partial charge in [0.15, 0.2) is 5.96 Å². The standard InChI is InChI=1S/C21H34N6/c1-5-20-26-25-16-27(20)15-14-24-21(22-6-2)23-13-7-8-18-9-11-19(12-10-18)17(3)4/h9-12,16-17H,5-8,13-15H2,1-4H3,(H2,22,23,24). The van der Waals surface area contributed by atoms with Gasteiger partial charge in [0, 0.05) is 32.6 Å². The van der Waals surface area contributed by atoms with Crippen LogP contribution in [0.5, 0.6) is 0 Å². The van der Waals surface area contributed by atoms with E-state index >= 15 is 0 Å². The van der Waals surface area contributed by atoms with E-state index in [2.05, 4.69) is 82.4 Å². The molecule has 0 bridgehead atoms. The molecule has 0 fully saturated rings. The van der Waals surface area contributed by atoms with Gasteiger partial charge in [0.2, 0.25) is 0 Å². The number of nitrogens with zero attached hydrogens (tertiary/aromatic N) is 4. The summed E-state index contributed by atoms with van der Waals surface area (Å²) in [5, 5.41) is 14.8. The lowest BCUT2D eigenvalue weighted by Gasteiger charge is -2.12. The molecule has 1 aromatic carbocycles. The summed E-state index contributed by atoms with van der Waals surface area (Å²) in [6, 6.07) is 8.97. The summed E-state index contributed by atoms with van der Waals surface area (Å²) in [4.78, 5) is 4.69. The largest absolute Gasteiger partial charge is 0.357 e. The maximum absolute atomic E-state index is 4.69. The lowest BCUT2D eigenvalue weighted by Crippen LogP contribution is -2.39. The van der Waals surface area contributed by atoms with Gasteiger partial charge in [-0.25, -0.2) is 0 Å². The van der Waals surface area contributed by atoms with Crippen LogP contribution < -0.4 is 10.6 Å². The number of nitrogens with one attached hydrogen (secondary N) is 2. The molecule has 0 atom stereocenters. The molecule has 0 saturated carbocycles. The van der Waals surface area contributed by atoms with Crippen LogP contribution in [-0.4, -0.2) is 40.4 Å². The minimum atomic E-state index is 0.587. The third-order valence-corrected chi connectivity index (χ3v) is 4.54. The average Bonchev–Trinajstić information content (AvgIpc) is 3.13. The average molecular weight is 371 g/mol. The highest BCUT2D eigenvalue weighted by Crippen LogP contribution is 2.15. The molecule has 1 aromatic heterocycles. The first kappa shape index (κ1) is 20.9. The number of aliphatic imine (C=N–C) groups is 1. The highest BCUT2D eigenvalue weighted by atomic mass is 15.3. The van der Waals surface area contributed by atoms with E-state index < -0.39 is 0 Å². The van der Waals surface area contributed by atoms with Gasteiger partial charge in [0.25, 0.3) is 0 Å². The van der Waals surface area contributed by atoms with E-state index in [1.54, 1.807) is 6.33 Å². The number of rotatable bonds is 10. The number of aryl methyl sites for hydroxylation is 2. The fourth-order valence-corrected chi connectivity index (χ4v) is 2.92. The van der Waals surface area contributed by atoms with Gasteiger partial charge in [-0.1, -0.05) is 45.0 Å². The van der Waals surface area contributed by atoms with Crippen molar-refractivity contribution in [3.05, 3.63) is 47.5 Å². The topological polar surface area (TPSA) is 67.1 Å². The van der Waals surface area contributed by atoms with Crippen LogP contribution in [0.2, 0.25) is 0 Å². The summed E-state index contributed by atoms with van der Waals surface area (Å²) in [6.07, 6.45) is 4.78. The van der Waals surface area contributed by atoms with Crippen LogP contribution in [0.3, 0.4) is 0 Å². The fraction of sp³-hybridized carbons (Fsp3) is 0.571. The Hall–Kier alpha value is -2.37. The van der Waals surface area contributed by atoms with Crippen LogP contribution in [0.4, 0.5) is 0 Å². The van der Waals surface area contributed by atoms with Gasteiger partial charge < -0.3 is 15.2 Å². The van der Waals surface area contributed by atoms with Gasteiger partial charge in [-0.3, -0.25) is 4.99 Å². The van der Waals surface area contributed by atoms with Crippen molar-refractivity contribution >= 4 is 5.96 Å². The molecule has 2 N–H and O–H groups in total. The first-order chi connectivity index (χ1) is 13.1. The molecule has 148 valence electrons. The van der Waals surface area contributed by atoms with Gasteiger partial charge in [0.1, 0.15) is 12.2 Å². The van der Waals surface area contributed by atoms with Crippen LogP contribution in [0.1, 0.15) is 57.0 Å². The lowest BCUT2D eigenvalue weighted by atomic mass is 10.0. The van der Waals surface area contributed by atoms with Gasteiger partial charge >= 0.3 is 0 Å². The first-order valence-corrected chi connectivity index (χ1v) is 10.1. The highest BCUT2D eigenvalue weighted by molar-refractivity contribution is 5.79. The Morgan fingerprint density at radius 3 is 2.59 bits per heavy atom. The van der Waals surface area contributed by atoms with Gasteiger partial charge in [-0.15, -0.1) is 10.2 Å². The molecule has 2 aromatic rings. The monoisotopic (exact) mass is 370 g/mol. The summed E-state index contributed by atoms with van der Waals surface area (Å²) in [5.74, 6) is 2.48. The molecule has 0 aliphatic carbocycles. The predicted molar refractivity (Wildman–Crippen MR) is 112 cm³/mol. The third kappa shape index (κ3) is 7.04. The fourth-order valence-electron chi connectivity index (χ4n) is 2.92. The van der Waals surface area contributed by atoms with E-state index in [-0.39, 0.29) is 0 Å². The Kier molecular flexibility index (Phi) is 8.81. The molecule has 2 rings (SSSR count). The second kappa shape index (κ2) is 11.4. The van der Waals surface area contributed by atoms with Gasteiger partial charge in [-0.05, 0) is 36.8 Å². The van der Waals surface area contributed by atoms with Crippen LogP contribution in [-0.2, 0) is 19.4 Å². The molecule has 1 heterocycles. The van der Waals surface area contributed by atoms with Crippen molar-refractivity contribution in [1.82, 2.24) is 25.4 Å². The zero-order valence-corrected chi connectivity index (χ0v) is 17.2. The quantitative estimate of drug-likeness (QED) is 0.383. The molecule has 0 radical (unpaired) electrons. The van der Waals surface area contributed by atoms with E-state index in [1.165, 1.54) is 11.1 Å². The molecule has 6 nitrogen and oxygen atoms in total. The zero-order valence-electron chi connectivity index (χ0n) is 17.2. The Bertz CT molecular complexity index is 687. The number of benzene rings is 1. The van der Waals surface area contributed by atoms with E-state index in [0.717, 1.165) is 57.2 Å². The SMILES string of the molecule is CCNC(=NCCCc1ccc(C(C)C)cc1)NCCn1cnnc1CC. The minimum absolute atomic E-state index is 0.587. The molecule has 0 aliphatic rings. The van der Waals surface area contributed by atoms with E-state index in [1.807, 2.05) is 0 Å². The first-order valence-electron chi connectivity index (χ1n) is 10.1. The highest BCUT2D eigenvalue weighted by Gasteiger charge is 2.02. The number of hydrogen-bond donors (Lipinski definition) is 2. The Balaban J connectivity index is 1.75. The zero-order chi connectivity index (χ0) is 19.5. The summed E-state index contributed by atoms with van der Waals surface area (Å²) < 4.78 is 2.08. The summed E-state index contributed by atoms with van der Waals surface area (Å²) in [5.41, 5.74) is 2.78. The maximum atomic E-state index is 4.69. The number of aromatic nitrogens is 3. The van der Waals surface area contributed by atoms with Crippen molar-refractivity contribution in [1.29, 1.82) is 0 Å². The number of hydrogen-bond acceptors (Lipinski definition) is 3. The Morgan fingerprint density at radius 1 is 1.15 bits per heavy atom. The van der Waals surface area contributed by atoms with Gasteiger partial charge in [-0.2, -0.15) is 0 Å². The Labute approximate surface area is 163 Å². The second-order valence-electron chi connectivity index (χ2n) is 6.98. The van der Waals surface area contributed by atoms with Crippen molar-refractivity contribution in [2.75, 3.05) is 19.6 Å². The van der Waals surface area contributed by atoms with Crippen LogP contribution in [0.15, 0.2) is 35.6 Å². The van der Waals surface area contributed by atoms with Crippen LogP contribution in [0.25, 0.3) is 0 Å². The molecule has 0 amide bonds. The summed E-state index contributed by atoms with van der Waals surface area (Å²) in [7, 11) is 0. The number of guanidine groups is 1. The normalized spacial score (nSPS) is 11.8.